The Morgan fingerprint density at radius 3 is 2.36 bits per heavy atom. The maximum atomic E-state index is 13.0. The van der Waals surface area contributed by atoms with Gasteiger partial charge in [-0.15, -0.1) is 0 Å². The summed E-state index contributed by atoms with van der Waals surface area (Å²) >= 11 is 0. The second kappa shape index (κ2) is 8.29. The number of carbonyl (C=O) groups excluding carboxylic acids is 1. The molecule has 0 N–H and O–H groups in total. The monoisotopic (exact) mass is 398 g/mol. The first kappa shape index (κ1) is 20.3. The minimum atomic E-state index is -3.60. The van der Waals surface area contributed by atoms with Crippen molar-refractivity contribution in [3.8, 4) is 0 Å². The lowest BCUT2D eigenvalue weighted by atomic mass is 10.0. The first-order valence-electron chi connectivity index (χ1n) is 9.43. The van der Waals surface area contributed by atoms with Crippen LogP contribution in [0, 0.1) is 0 Å². The van der Waals surface area contributed by atoms with Crippen molar-refractivity contribution in [2.75, 3.05) is 19.6 Å². The summed E-state index contributed by atoms with van der Waals surface area (Å²) in [5.41, 5.74) is 3.63. The van der Waals surface area contributed by atoms with Crippen LogP contribution in [0.15, 0.2) is 65.6 Å². The van der Waals surface area contributed by atoms with Crippen molar-refractivity contribution in [1.29, 1.82) is 0 Å². The zero-order valence-electron chi connectivity index (χ0n) is 16.4. The van der Waals surface area contributed by atoms with Crippen LogP contribution >= 0.6 is 0 Å². The molecule has 0 aliphatic carbocycles. The van der Waals surface area contributed by atoms with Crippen molar-refractivity contribution in [1.82, 2.24) is 9.21 Å². The van der Waals surface area contributed by atoms with Crippen molar-refractivity contribution in [2.24, 2.45) is 0 Å². The van der Waals surface area contributed by atoms with E-state index in [4.69, 9.17) is 0 Å². The molecule has 0 spiro atoms. The fourth-order valence-electron chi connectivity index (χ4n) is 3.43. The molecule has 6 heteroatoms. The van der Waals surface area contributed by atoms with Crippen LogP contribution in [0.4, 0.5) is 0 Å². The molecule has 1 aliphatic heterocycles. The lowest BCUT2D eigenvalue weighted by molar-refractivity contribution is 0.0778. The first-order chi connectivity index (χ1) is 13.3. The molecule has 1 aliphatic rings. The van der Waals surface area contributed by atoms with Crippen LogP contribution in [0.25, 0.3) is 0 Å². The molecule has 0 radical (unpaired) electrons. The summed E-state index contributed by atoms with van der Waals surface area (Å²) in [6.45, 7) is 9.54. The van der Waals surface area contributed by atoms with Gasteiger partial charge < -0.3 is 4.90 Å². The highest BCUT2D eigenvalue weighted by molar-refractivity contribution is 7.89. The molecular weight excluding hydrogens is 372 g/mol. The van der Waals surface area contributed by atoms with Gasteiger partial charge in [-0.2, -0.15) is 4.31 Å². The highest BCUT2D eigenvalue weighted by Gasteiger charge is 2.28. The molecule has 28 heavy (non-hydrogen) atoms. The number of hydrogen-bond acceptors (Lipinski definition) is 3. The number of amides is 1. The third kappa shape index (κ3) is 4.18. The van der Waals surface area contributed by atoms with Gasteiger partial charge in [0.1, 0.15) is 0 Å². The number of nitrogens with zero attached hydrogens (tertiary/aromatic N) is 2. The smallest absolute Gasteiger partial charge is 0.254 e. The van der Waals surface area contributed by atoms with E-state index in [2.05, 4.69) is 6.58 Å². The molecule has 1 amide bonds. The Hall–Kier alpha value is -2.44. The predicted octanol–water partition coefficient (Wildman–Crippen LogP) is 3.47. The molecule has 3 rings (SSSR count). The van der Waals surface area contributed by atoms with Crippen LogP contribution in [0.2, 0.25) is 0 Å². The summed E-state index contributed by atoms with van der Waals surface area (Å²) in [5.74, 6) is -0.124. The topological polar surface area (TPSA) is 57.7 Å². The average Bonchev–Trinajstić information content (AvgIpc) is 2.71. The minimum absolute atomic E-state index is 0.124. The summed E-state index contributed by atoms with van der Waals surface area (Å²) < 4.78 is 27.6. The van der Waals surface area contributed by atoms with Gasteiger partial charge in [0.15, 0.2) is 0 Å². The van der Waals surface area contributed by atoms with Crippen LogP contribution < -0.4 is 0 Å². The number of benzene rings is 2. The number of rotatable bonds is 6. The molecule has 0 atom stereocenters. The van der Waals surface area contributed by atoms with E-state index in [-0.39, 0.29) is 10.8 Å². The van der Waals surface area contributed by atoms with Crippen LogP contribution in [0.5, 0.6) is 0 Å². The van der Waals surface area contributed by atoms with E-state index < -0.39 is 10.0 Å². The van der Waals surface area contributed by atoms with Gasteiger partial charge in [-0.1, -0.05) is 36.4 Å². The predicted molar refractivity (Wildman–Crippen MR) is 111 cm³/mol. The van der Waals surface area contributed by atoms with Crippen molar-refractivity contribution >= 4 is 15.9 Å². The van der Waals surface area contributed by atoms with Crippen LogP contribution in [0.1, 0.15) is 35.3 Å². The third-order valence-corrected chi connectivity index (χ3v) is 6.82. The second-order valence-electron chi connectivity index (χ2n) is 7.16. The average molecular weight is 399 g/mol. The standard InChI is InChI=1S/C22H26N2O3S/c1-4-23(15-17(2)3)22(25)19-9-11-21(12-10-19)28(26,27)24-14-13-18-7-5-6-8-20(18)16-24/h5-12H,2,4,13-16H2,1,3H3. The Morgan fingerprint density at radius 1 is 1.11 bits per heavy atom. The number of likely N-dealkylation sites (N-methyl/N-ethyl adjacent to an activating group) is 1. The van der Waals surface area contributed by atoms with Crippen molar-refractivity contribution in [2.45, 2.75) is 31.7 Å². The van der Waals surface area contributed by atoms with Gasteiger partial charge >= 0.3 is 0 Å². The Labute approximate surface area is 167 Å². The zero-order chi connectivity index (χ0) is 20.3. The molecular formula is C22H26N2O3S. The minimum Gasteiger partial charge on any atom is -0.335 e. The maximum absolute atomic E-state index is 13.0. The van der Waals surface area contributed by atoms with Crippen LogP contribution in [-0.4, -0.2) is 43.2 Å². The molecule has 0 bridgehead atoms. The van der Waals surface area contributed by atoms with Gasteiger partial charge in [0.2, 0.25) is 10.0 Å². The Kier molecular flexibility index (Phi) is 6.01. The molecule has 1 heterocycles. The third-order valence-electron chi connectivity index (χ3n) is 4.96. The van der Waals surface area contributed by atoms with Crippen LogP contribution in [0.3, 0.4) is 0 Å². The molecule has 0 aromatic heterocycles. The quantitative estimate of drug-likeness (QED) is 0.700. The van der Waals surface area contributed by atoms with E-state index >= 15 is 0 Å². The van der Waals surface area contributed by atoms with Gasteiger partial charge in [-0.3, -0.25) is 4.79 Å². The maximum Gasteiger partial charge on any atom is 0.254 e. The molecule has 148 valence electrons. The zero-order valence-corrected chi connectivity index (χ0v) is 17.2. The van der Waals surface area contributed by atoms with E-state index in [1.807, 2.05) is 38.1 Å². The van der Waals surface area contributed by atoms with Crippen molar-refractivity contribution in [3.63, 3.8) is 0 Å². The molecule has 0 unspecified atom stereocenters. The Morgan fingerprint density at radius 2 is 1.75 bits per heavy atom. The molecule has 0 fully saturated rings. The van der Waals surface area contributed by atoms with E-state index in [0.717, 1.165) is 11.1 Å². The summed E-state index contributed by atoms with van der Waals surface area (Å²) in [7, 11) is -3.60. The van der Waals surface area contributed by atoms with Gasteiger partial charge in [-0.05, 0) is 55.7 Å². The van der Waals surface area contributed by atoms with E-state index in [1.54, 1.807) is 17.0 Å². The normalized spacial score (nSPS) is 14.4. The summed E-state index contributed by atoms with van der Waals surface area (Å²) in [4.78, 5) is 14.5. The molecule has 2 aromatic rings. The molecule has 0 saturated carbocycles. The first-order valence-corrected chi connectivity index (χ1v) is 10.9. The number of carbonyl (C=O) groups is 1. The Bertz CT molecular complexity index is 981. The van der Waals surface area contributed by atoms with Gasteiger partial charge in [0, 0.05) is 31.7 Å². The van der Waals surface area contributed by atoms with Gasteiger partial charge in [-0.25, -0.2) is 8.42 Å². The van der Waals surface area contributed by atoms with E-state index in [9.17, 15) is 13.2 Å². The largest absolute Gasteiger partial charge is 0.335 e. The van der Waals surface area contributed by atoms with Gasteiger partial charge in [0.25, 0.3) is 5.91 Å². The number of fused-ring (bicyclic) bond motifs is 1. The highest BCUT2D eigenvalue weighted by atomic mass is 32.2. The molecule has 5 nitrogen and oxygen atoms in total. The van der Waals surface area contributed by atoms with Crippen molar-refractivity contribution in [3.05, 3.63) is 77.4 Å². The fourth-order valence-corrected chi connectivity index (χ4v) is 4.85. The SMILES string of the molecule is C=C(C)CN(CC)C(=O)c1ccc(S(=O)(=O)N2CCc3ccccc3C2)cc1. The lowest BCUT2D eigenvalue weighted by Crippen LogP contribution is -2.36. The van der Waals surface area contributed by atoms with Crippen LogP contribution in [-0.2, 0) is 23.0 Å². The lowest BCUT2D eigenvalue weighted by Gasteiger charge is -2.28. The van der Waals surface area contributed by atoms with E-state index in [0.29, 0.717) is 38.2 Å². The summed E-state index contributed by atoms with van der Waals surface area (Å²) in [6.07, 6.45) is 0.707. The van der Waals surface area contributed by atoms with Crippen molar-refractivity contribution < 1.29 is 13.2 Å². The number of sulfonamides is 1. The molecule has 2 aromatic carbocycles. The highest BCUT2D eigenvalue weighted by Crippen LogP contribution is 2.25. The summed E-state index contributed by atoms with van der Waals surface area (Å²) in [5, 5.41) is 0. The summed E-state index contributed by atoms with van der Waals surface area (Å²) in [6, 6.07) is 14.2. The fraction of sp³-hybridized carbons (Fsp3) is 0.318. The number of hydrogen-bond donors (Lipinski definition) is 0. The Balaban J connectivity index is 1.79. The van der Waals surface area contributed by atoms with Gasteiger partial charge in [0.05, 0.1) is 4.90 Å². The second-order valence-corrected chi connectivity index (χ2v) is 9.10. The van der Waals surface area contributed by atoms with E-state index in [1.165, 1.54) is 22.0 Å². The molecule has 0 saturated heterocycles.